The standard InChI is InChI=1S/C27H44O5/c1-18(2)13-23(29)32-16-24(4)10-6-11-25(5)22(24)8-7-20-15-27(30,17-31-19(3)28)21-9-12-26(20,25)14-21/h18,20-22,30H,6-17H2,1-5H3. The Morgan fingerprint density at radius 2 is 1.72 bits per heavy atom. The first-order valence-corrected chi connectivity index (χ1v) is 13.0. The van der Waals surface area contributed by atoms with Gasteiger partial charge in [0.1, 0.15) is 12.2 Å². The van der Waals surface area contributed by atoms with Crippen molar-refractivity contribution in [3.63, 3.8) is 0 Å². The average molecular weight is 449 g/mol. The number of carbonyl (C=O) groups is 2. The second kappa shape index (κ2) is 8.29. The Kier molecular flexibility index (Phi) is 6.22. The molecule has 1 spiro atoms. The highest BCUT2D eigenvalue weighted by Crippen LogP contribution is 2.75. The predicted octanol–water partition coefficient (Wildman–Crippen LogP) is 5.28. The van der Waals surface area contributed by atoms with Crippen molar-refractivity contribution >= 4 is 11.9 Å². The molecular formula is C27H44O5. The Bertz CT molecular complexity index is 748. The Labute approximate surface area is 194 Å². The van der Waals surface area contributed by atoms with Crippen LogP contribution in [0.3, 0.4) is 0 Å². The number of hydrogen-bond acceptors (Lipinski definition) is 5. The van der Waals surface area contributed by atoms with Gasteiger partial charge < -0.3 is 14.6 Å². The summed E-state index contributed by atoms with van der Waals surface area (Å²) in [5.41, 5.74) is -0.371. The van der Waals surface area contributed by atoms with Crippen molar-refractivity contribution in [2.24, 2.45) is 39.9 Å². The van der Waals surface area contributed by atoms with Crippen LogP contribution in [0.5, 0.6) is 0 Å². The first-order valence-electron chi connectivity index (χ1n) is 13.0. The molecule has 182 valence electrons. The van der Waals surface area contributed by atoms with E-state index >= 15 is 0 Å². The van der Waals surface area contributed by atoms with Crippen molar-refractivity contribution in [1.29, 1.82) is 0 Å². The lowest BCUT2D eigenvalue weighted by Crippen LogP contribution is -2.62. The van der Waals surface area contributed by atoms with Crippen LogP contribution in [0.2, 0.25) is 0 Å². The third-order valence-electron chi connectivity index (χ3n) is 10.3. The van der Waals surface area contributed by atoms with Gasteiger partial charge in [0, 0.05) is 18.8 Å². The van der Waals surface area contributed by atoms with E-state index in [2.05, 4.69) is 27.7 Å². The molecule has 0 amide bonds. The molecule has 4 rings (SSSR count). The summed E-state index contributed by atoms with van der Waals surface area (Å²) in [7, 11) is 0. The third kappa shape index (κ3) is 3.80. The minimum atomic E-state index is -0.871. The maximum atomic E-state index is 12.3. The monoisotopic (exact) mass is 448 g/mol. The first kappa shape index (κ1) is 24.0. The maximum Gasteiger partial charge on any atom is 0.306 e. The van der Waals surface area contributed by atoms with E-state index in [1.54, 1.807) is 0 Å². The molecule has 0 saturated heterocycles. The van der Waals surface area contributed by atoms with E-state index in [0.29, 0.717) is 30.8 Å². The summed E-state index contributed by atoms with van der Waals surface area (Å²) in [6.45, 7) is 11.1. The highest BCUT2D eigenvalue weighted by Gasteiger charge is 2.69. The molecule has 4 fully saturated rings. The van der Waals surface area contributed by atoms with Crippen molar-refractivity contribution < 1.29 is 24.2 Å². The van der Waals surface area contributed by atoms with Gasteiger partial charge in [0.05, 0.1) is 6.61 Å². The van der Waals surface area contributed by atoms with Gasteiger partial charge in [0.25, 0.3) is 0 Å². The largest absolute Gasteiger partial charge is 0.465 e. The molecule has 4 saturated carbocycles. The van der Waals surface area contributed by atoms with Gasteiger partial charge in [-0.05, 0) is 85.9 Å². The number of ether oxygens (including phenoxy) is 2. The van der Waals surface area contributed by atoms with Gasteiger partial charge in [-0.1, -0.05) is 34.1 Å². The SMILES string of the molecule is CC(=O)OCC1(O)CC2CCC3C(C)(COC(=O)CC(C)C)CCCC3(C)C23CCC1C3. The van der Waals surface area contributed by atoms with Gasteiger partial charge in [0.15, 0.2) is 0 Å². The summed E-state index contributed by atoms with van der Waals surface area (Å²) in [4.78, 5) is 23.8. The van der Waals surface area contributed by atoms with Crippen LogP contribution in [0.15, 0.2) is 0 Å². The van der Waals surface area contributed by atoms with Crippen molar-refractivity contribution in [2.45, 2.75) is 104 Å². The highest BCUT2D eigenvalue weighted by atomic mass is 16.5. The van der Waals surface area contributed by atoms with Crippen molar-refractivity contribution in [2.75, 3.05) is 13.2 Å². The lowest BCUT2D eigenvalue weighted by Gasteiger charge is -2.67. The van der Waals surface area contributed by atoms with Crippen LogP contribution >= 0.6 is 0 Å². The highest BCUT2D eigenvalue weighted by molar-refractivity contribution is 5.69. The Hall–Kier alpha value is -1.10. The molecule has 32 heavy (non-hydrogen) atoms. The second-order valence-corrected chi connectivity index (χ2v) is 12.7. The normalized spacial score (nSPS) is 45.2. The Balaban J connectivity index is 1.55. The van der Waals surface area contributed by atoms with Gasteiger partial charge in [-0.15, -0.1) is 0 Å². The predicted molar refractivity (Wildman–Crippen MR) is 123 cm³/mol. The maximum absolute atomic E-state index is 12.3. The molecule has 5 nitrogen and oxygen atoms in total. The third-order valence-corrected chi connectivity index (χ3v) is 10.3. The molecule has 0 heterocycles. The molecular weight excluding hydrogens is 404 g/mol. The van der Waals surface area contributed by atoms with Gasteiger partial charge in [-0.2, -0.15) is 0 Å². The fraction of sp³-hybridized carbons (Fsp3) is 0.926. The van der Waals surface area contributed by atoms with Crippen LogP contribution < -0.4 is 0 Å². The Morgan fingerprint density at radius 1 is 0.969 bits per heavy atom. The molecule has 0 aliphatic heterocycles. The van der Waals surface area contributed by atoms with Crippen LogP contribution in [0, 0.1) is 39.9 Å². The fourth-order valence-electron chi connectivity index (χ4n) is 8.88. The van der Waals surface area contributed by atoms with Gasteiger partial charge in [-0.3, -0.25) is 9.59 Å². The second-order valence-electron chi connectivity index (χ2n) is 12.7. The van der Waals surface area contributed by atoms with Crippen molar-refractivity contribution in [3.05, 3.63) is 0 Å². The van der Waals surface area contributed by atoms with E-state index in [0.717, 1.165) is 38.5 Å². The summed E-state index contributed by atoms with van der Waals surface area (Å²) in [5.74, 6) is 1.20. The van der Waals surface area contributed by atoms with E-state index in [1.165, 1.54) is 26.2 Å². The van der Waals surface area contributed by atoms with Crippen LogP contribution in [0.4, 0.5) is 0 Å². The van der Waals surface area contributed by atoms with E-state index in [1.807, 2.05) is 0 Å². The number of esters is 2. The molecule has 0 radical (unpaired) electrons. The summed E-state index contributed by atoms with van der Waals surface area (Å²) < 4.78 is 11.2. The summed E-state index contributed by atoms with van der Waals surface area (Å²) in [6.07, 6.45) is 10.3. The molecule has 5 heteroatoms. The number of rotatable bonds is 6. The van der Waals surface area contributed by atoms with Gasteiger partial charge >= 0.3 is 11.9 Å². The lowest BCUT2D eigenvalue weighted by molar-refractivity contribution is -0.215. The van der Waals surface area contributed by atoms with E-state index in [-0.39, 0.29) is 40.7 Å². The van der Waals surface area contributed by atoms with Gasteiger partial charge in [0.2, 0.25) is 0 Å². The average Bonchev–Trinajstić information content (AvgIpc) is 3.11. The van der Waals surface area contributed by atoms with E-state index in [9.17, 15) is 14.7 Å². The molecule has 2 bridgehead atoms. The fourth-order valence-corrected chi connectivity index (χ4v) is 8.88. The molecule has 7 atom stereocenters. The van der Waals surface area contributed by atoms with E-state index in [4.69, 9.17) is 9.47 Å². The van der Waals surface area contributed by atoms with Crippen LogP contribution in [-0.2, 0) is 19.1 Å². The quantitative estimate of drug-likeness (QED) is 0.560. The molecule has 4 aliphatic rings. The van der Waals surface area contributed by atoms with Crippen molar-refractivity contribution in [1.82, 2.24) is 0 Å². The number of fused-ring (bicyclic) bond motifs is 2. The smallest absolute Gasteiger partial charge is 0.306 e. The lowest BCUT2D eigenvalue weighted by atomic mass is 9.38. The zero-order valence-electron chi connectivity index (χ0n) is 20.9. The Morgan fingerprint density at radius 3 is 2.41 bits per heavy atom. The van der Waals surface area contributed by atoms with Crippen molar-refractivity contribution in [3.8, 4) is 0 Å². The minimum absolute atomic E-state index is 0.0307. The molecule has 0 aromatic carbocycles. The van der Waals surface area contributed by atoms with Gasteiger partial charge in [-0.25, -0.2) is 0 Å². The zero-order chi connectivity index (χ0) is 23.4. The minimum Gasteiger partial charge on any atom is -0.465 e. The zero-order valence-corrected chi connectivity index (χ0v) is 20.9. The number of aliphatic hydroxyl groups is 1. The summed E-state index contributed by atoms with van der Waals surface area (Å²) in [6, 6.07) is 0. The molecule has 0 aromatic rings. The number of carbonyl (C=O) groups excluding carboxylic acids is 2. The summed E-state index contributed by atoms with van der Waals surface area (Å²) in [5, 5.41) is 11.5. The topological polar surface area (TPSA) is 72.8 Å². The first-order chi connectivity index (χ1) is 14.9. The van der Waals surface area contributed by atoms with Crippen LogP contribution in [0.25, 0.3) is 0 Å². The molecule has 1 N–H and O–H groups in total. The molecule has 4 aliphatic carbocycles. The summed E-state index contributed by atoms with van der Waals surface area (Å²) >= 11 is 0. The van der Waals surface area contributed by atoms with E-state index < -0.39 is 5.60 Å². The van der Waals surface area contributed by atoms with Crippen LogP contribution in [0.1, 0.15) is 98.8 Å². The molecule has 0 aromatic heterocycles. The van der Waals surface area contributed by atoms with Crippen LogP contribution in [-0.4, -0.2) is 35.9 Å². The number of hydrogen-bond donors (Lipinski definition) is 1. The molecule has 7 unspecified atom stereocenters.